The molecule has 0 aliphatic heterocycles. The maximum atomic E-state index is 12.7. The molecule has 112 valence electrons. The average Bonchev–Trinajstić information content (AvgIpc) is 2.78. The van der Waals surface area contributed by atoms with Crippen molar-refractivity contribution < 1.29 is 9.53 Å². The molecule has 1 aromatic rings. The van der Waals surface area contributed by atoms with Crippen LogP contribution in [0.2, 0.25) is 0 Å². The number of Topliss-reactive ketones (excluding diaryl/α,β-unsaturated/α-hetero) is 1. The molecule has 0 radical (unpaired) electrons. The van der Waals surface area contributed by atoms with Crippen LogP contribution in [0.1, 0.15) is 33.6 Å². The number of hydrogen-bond acceptors (Lipinski definition) is 3. The molecule has 2 bridgehead atoms. The van der Waals surface area contributed by atoms with Crippen molar-refractivity contribution in [3.63, 3.8) is 0 Å². The summed E-state index contributed by atoms with van der Waals surface area (Å²) < 4.78 is 5.15. The smallest absolute Gasteiger partial charge is 0.167 e. The Morgan fingerprint density at radius 1 is 1.24 bits per heavy atom. The normalized spacial score (nSPS) is 31.7. The van der Waals surface area contributed by atoms with E-state index in [4.69, 9.17) is 4.74 Å². The Bertz CT molecular complexity index is 600. The van der Waals surface area contributed by atoms with Crippen molar-refractivity contribution in [1.82, 2.24) is 0 Å². The van der Waals surface area contributed by atoms with Gasteiger partial charge in [0.05, 0.1) is 7.11 Å². The number of benzene rings is 1. The predicted molar refractivity (Wildman–Crippen MR) is 84.3 cm³/mol. The van der Waals surface area contributed by atoms with E-state index in [0.717, 1.165) is 29.9 Å². The van der Waals surface area contributed by atoms with Crippen molar-refractivity contribution in [3.8, 4) is 5.75 Å². The number of carbonyl (C=O) groups excluding carboxylic acids is 1. The first-order valence-corrected chi connectivity index (χ1v) is 7.55. The molecule has 3 nitrogen and oxygen atoms in total. The van der Waals surface area contributed by atoms with Crippen LogP contribution in [0.3, 0.4) is 0 Å². The Balaban J connectivity index is 1.83. The van der Waals surface area contributed by atoms with Gasteiger partial charge in [-0.3, -0.25) is 4.79 Å². The average molecular weight is 285 g/mol. The second-order valence-electron chi connectivity index (χ2n) is 6.95. The Kier molecular flexibility index (Phi) is 3.12. The third kappa shape index (κ3) is 1.90. The van der Waals surface area contributed by atoms with E-state index in [1.807, 2.05) is 30.5 Å². The summed E-state index contributed by atoms with van der Waals surface area (Å²) in [5.41, 5.74) is 1.81. The number of ether oxygens (including phenoxy) is 1. The summed E-state index contributed by atoms with van der Waals surface area (Å²) in [6.07, 6.45) is 4.05. The standard InChI is InChI=1S/C18H23NO2/c1-17(2)15-9-10-18(17,3)16(20)14(15)11-19-12-5-7-13(21-4)8-6-12/h5-8,11,15,19H,9-10H2,1-4H3/b14-11-. The van der Waals surface area contributed by atoms with Crippen LogP contribution >= 0.6 is 0 Å². The molecular formula is C18H23NO2. The number of ketones is 1. The van der Waals surface area contributed by atoms with Gasteiger partial charge in [0.15, 0.2) is 5.78 Å². The second-order valence-corrected chi connectivity index (χ2v) is 6.95. The molecule has 2 atom stereocenters. The lowest BCUT2D eigenvalue weighted by Gasteiger charge is -2.31. The van der Waals surface area contributed by atoms with E-state index in [1.54, 1.807) is 7.11 Å². The number of fused-ring (bicyclic) bond motifs is 2. The van der Waals surface area contributed by atoms with E-state index in [0.29, 0.717) is 11.7 Å². The number of allylic oxidation sites excluding steroid dienone is 1. The van der Waals surface area contributed by atoms with Crippen molar-refractivity contribution in [2.75, 3.05) is 12.4 Å². The summed E-state index contributed by atoms with van der Waals surface area (Å²) in [5, 5.41) is 3.27. The molecule has 2 aliphatic carbocycles. The molecule has 2 fully saturated rings. The van der Waals surface area contributed by atoms with Crippen LogP contribution in [-0.4, -0.2) is 12.9 Å². The number of rotatable bonds is 3. The van der Waals surface area contributed by atoms with Crippen molar-refractivity contribution in [1.29, 1.82) is 0 Å². The van der Waals surface area contributed by atoms with Crippen LogP contribution in [-0.2, 0) is 4.79 Å². The van der Waals surface area contributed by atoms with Gasteiger partial charge < -0.3 is 10.1 Å². The molecule has 1 N–H and O–H groups in total. The molecule has 0 heterocycles. The zero-order valence-corrected chi connectivity index (χ0v) is 13.2. The SMILES string of the molecule is COc1ccc(N/C=C2\C(=O)C3(C)CCC2C3(C)C)cc1. The van der Waals surface area contributed by atoms with Gasteiger partial charge in [0, 0.05) is 22.9 Å². The molecule has 0 saturated heterocycles. The maximum Gasteiger partial charge on any atom is 0.167 e. The first-order chi connectivity index (χ1) is 9.90. The number of nitrogens with one attached hydrogen (secondary N) is 1. The van der Waals surface area contributed by atoms with E-state index in [1.165, 1.54) is 0 Å². The molecule has 3 rings (SSSR count). The largest absolute Gasteiger partial charge is 0.497 e. The summed E-state index contributed by atoms with van der Waals surface area (Å²) >= 11 is 0. The van der Waals surface area contributed by atoms with Gasteiger partial charge in [0.2, 0.25) is 0 Å². The maximum absolute atomic E-state index is 12.7. The van der Waals surface area contributed by atoms with Gasteiger partial charge in [-0.2, -0.15) is 0 Å². The number of methoxy groups -OCH3 is 1. The number of carbonyl (C=O) groups is 1. The third-order valence-corrected chi connectivity index (χ3v) is 5.85. The van der Waals surface area contributed by atoms with Gasteiger partial charge in [-0.1, -0.05) is 20.8 Å². The third-order valence-electron chi connectivity index (χ3n) is 5.85. The highest BCUT2D eigenvalue weighted by Gasteiger charge is 2.63. The Hall–Kier alpha value is -1.77. The van der Waals surface area contributed by atoms with Crippen molar-refractivity contribution in [2.45, 2.75) is 33.6 Å². The van der Waals surface area contributed by atoms with E-state index in [9.17, 15) is 4.79 Å². The molecule has 3 heteroatoms. The van der Waals surface area contributed by atoms with Crippen molar-refractivity contribution in [2.24, 2.45) is 16.7 Å². The monoisotopic (exact) mass is 285 g/mol. The van der Waals surface area contributed by atoms with E-state index >= 15 is 0 Å². The second kappa shape index (κ2) is 4.62. The summed E-state index contributed by atoms with van der Waals surface area (Å²) in [4.78, 5) is 12.7. The Morgan fingerprint density at radius 2 is 1.90 bits per heavy atom. The Labute approximate surface area is 126 Å². The van der Waals surface area contributed by atoms with Gasteiger partial charge in [-0.25, -0.2) is 0 Å². The molecule has 0 amide bonds. The molecule has 0 aromatic heterocycles. The Morgan fingerprint density at radius 3 is 2.43 bits per heavy atom. The van der Waals surface area contributed by atoms with Crippen LogP contribution in [0, 0.1) is 16.7 Å². The van der Waals surface area contributed by atoms with Crippen LogP contribution < -0.4 is 10.1 Å². The highest BCUT2D eigenvalue weighted by Crippen LogP contribution is 2.65. The highest BCUT2D eigenvalue weighted by molar-refractivity contribution is 6.04. The highest BCUT2D eigenvalue weighted by atomic mass is 16.5. The van der Waals surface area contributed by atoms with Crippen LogP contribution in [0.5, 0.6) is 5.75 Å². The van der Waals surface area contributed by atoms with Gasteiger partial charge in [0.1, 0.15) is 5.75 Å². The summed E-state index contributed by atoms with van der Waals surface area (Å²) in [6.45, 7) is 6.59. The van der Waals surface area contributed by atoms with Crippen molar-refractivity contribution in [3.05, 3.63) is 36.0 Å². The molecule has 2 saturated carbocycles. The molecule has 0 spiro atoms. The van der Waals surface area contributed by atoms with E-state index in [2.05, 4.69) is 26.1 Å². The van der Waals surface area contributed by atoms with E-state index in [-0.39, 0.29) is 10.8 Å². The summed E-state index contributed by atoms with van der Waals surface area (Å²) in [7, 11) is 1.65. The topological polar surface area (TPSA) is 38.3 Å². The minimum atomic E-state index is -0.189. The van der Waals surface area contributed by atoms with Gasteiger partial charge in [-0.15, -0.1) is 0 Å². The predicted octanol–water partition coefficient (Wildman–Crippen LogP) is 4.02. The number of anilines is 1. The van der Waals surface area contributed by atoms with Gasteiger partial charge >= 0.3 is 0 Å². The molecular weight excluding hydrogens is 262 g/mol. The molecule has 21 heavy (non-hydrogen) atoms. The first-order valence-electron chi connectivity index (χ1n) is 7.55. The fraction of sp³-hybridized carbons (Fsp3) is 0.500. The minimum absolute atomic E-state index is 0.0670. The lowest BCUT2D eigenvalue weighted by Crippen LogP contribution is -2.32. The van der Waals surface area contributed by atoms with Crippen LogP contribution in [0.15, 0.2) is 36.0 Å². The van der Waals surface area contributed by atoms with Crippen LogP contribution in [0.4, 0.5) is 5.69 Å². The molecule has 1 aromatic carbocycles. The first kappa shape index (κ1) is 14.2. The van der Waals surface area contributed by atoms with Gasteiger partial charge in [-0.05, 0) is 48.4 Å². The zero-order valence-electron chi connectivity index (χ0n) is 13.2. The molecule has 2 aliphatic rings. The molecule has 2 unspecified atom stereocenters. The zero-order chi connectivity index (χ0) is 15.3. The summed E-state index contributed by atoms with van der Waals surface area (Å²) in [6, 6.07) is 7.74. The minimum Gasteiger partial charge on any atom is -0.497 e. The fourth-order valence-corrected chi connectivity index (χ4v) is 3.94. The van der Waals surface area contributed by atoms with Gasteiger partial charge in [0.25, 0.3) is 0 Å². The lowest BCUT2D eigenvalue weighted by molar-refractivity contribution is -0.125. The van der Waals surface area contributed by atoms with Crippen LogP contribution in [0.25, 0.3) is 0 Å². The van der Waals surface area contributed by atoms with Crippen molar-refractivity contribution >= 4 is 11.5 Å². The fourth-order valence-electron chi connectivity index (χ4n) is 3.94. The lowest BCUT2D eigenvalue weighted by atomic mass is 9.70. The number of hydrogen-bond donors (Lipinski definition) is 1. The quantitative estimate of drug-likeness (QED) is 0.853. The summed E-state index contributed by atoms with van der Waals surface area (Å²) in [5.74, 6) is 1.53. The van der Waals surface area contributed by atoms with E-state index < -0.39 is 0 Å².